The third-order valence-corrected chi connectivity index (χ3v) is 5.11. The number of nitrogens with zero attached hydrogens (tertiary/aromatic N) is 1. The van der Waals surface area contributed by atoms with Crippen LogP contribution in [0.2, 0.25) is 0 Å². The number of carbonyl (C=O) groups excluding carboxylic acids is 1. The second kappa shape index (κ2) is 7.51. The highest BCUT2D eigenvalue weighted by atomic mass is 16.5. The fourth-order valence-corrected chi connectivity index (χ4v) is 3.81. The van der Waals surface area contributed by atoms with Gasteiger partial charge >= 0.3 is 0 Å². The highest BCUT2D eigenvalue weighted by molar-refractivity contribution is 5.83. The Morgan fingerprint density at radius 1 is 1.07 bits per heavy atom. The largest absolute Gasteiger partial charge is 0.490 e. The van der Waals surface area contributed by atoms with Crippen molar-refractivity contribution in [3.8, 4) is 17.2 Å². The molecule has 1 amide bonds. The molecule has 0 bridgehead atoms. The predicted octanol–water partition coefficient (Wildman–Crippen LogP) is 3.37. The standard InChI is InChI=1S/C22H25NO4/c1-3-25-19-11-15-9-10-23(14-17(15)13-20(19)26-4-2)22(24)21-12-16-7-5-6-8-18(16)27-21/h5-8,11,13,21H,3-4,9-10,12,14H2,1-2H3. The van der Waals surface area contributed by atoms with E-state index >= 15 is 0 Å². The quantitative estimate of drug-likeness (QED) is 0.813. The Morgan fingerprint density at radius 3 is 2.48 bits per heavy atom. The number of para-hydroxylation sites is 1. The summed E-state index contributed by atoms with van der Waals surface area (Å²) in [6.07, 6.45) is 1.04. The number of amides is 1. The first-order valence-corrected chi connectivity index (χ1v) is 9.64. The number of ether oxygens (including phenoxy) is 3. The second-order valence-corrected chi connectivity index (χ2v) is 6.86. The van der Waals surface area contributed by atoms with Crippen LogP contribution in [0, 0.1) is 0 Å². The Hall–Kier alpha value is -2.69. The molecule has 2 heterocycles. The Labute approximate surface area is 159 Å². The lowest BCUT2D eigenvalue weighted by atomic mass is 9.98. The molecule has 27 heavy (non-hydrogen) atoms. The Balaban J connectivity index is 1.51. The summed E-state index contributed by atoms with van der Waals surface area (Å²) in [5.41, 5.74) is 3.45. The minimum Gasteiger partial charge on any atom is -0.490 e. The third-order valence-electron chi connectivity index (χ3n) is 5.11. The van der Waals surface area contributed by atoms with E-state index in [9.17, 15) is 4.79 Å². The van der Waals surface area contributed by atoms with Crippen LogP contribution in [-0.4, -0.2) is 36.7 Å². The maximum absolute atomic E-state index is 13.0. The summed E-state index contributed by atoms with van der Waals surface area (Å²) in [4.78, 5) is 14.9. The van der Waals surface area contributed by atoms with E-state index in [-0.39, 0.29) is 5.91 Å². The number of hydrogen-bond donors (Lipinski definition) is 0. The van der Waals surface area contributed by atoms with Crippen LogP contribution >= 0.6 is 0 Å². The maximum atomic E-state index is 13.0. The Bertz CT molecular complexity index is 823. The van der Waals surface area contributed by atoms with Gasteiger partial charge in [-0.05, 0) is 55.2 Å². The summed E-state index contributed by atoms with van der Waals surface area (Å²) >= 11 is 0. The number of fused-ring (bicyclic) bond motifs is 2. The van der Waals surface area contributed by atoms with Crippen LogP contribution in [0.15, 0.2) is 36.4 Å². The second-order valence-electron chi connectivity index (χ2n) is 6.86. The first kappa shape index (κ1) is 17.7. The predicted molar refractivity (Wildman–Crippen MR) is 102 cm³/mol. The van der Waals surface area contributed by atoms with E-state index in [0.29, 0.717) is 32.7 Å². The molecule has 0 radical (unpaired) electrons. The van der Waals surface area contributed by atoms with Gasteiger partial charge in [0.25, 0.3) is 5.91 Å². The lowest BCUT2D eigenvalue weighted by molar-refractivity contribution is -0.138. The molecule has 1 atom stereocenters. The average molecular weight is 367 g/mol. The van der Waals surface area contributed by atoms with Crippen molar-refractivity contribution < 1.29 is 19.0 Å². The fourth-order valence-electron chi connectivity index (χ4n) is 3.81. The molecule has 1 unspecified atom stereocenters. The summed E-state index contributed by atoms with van der Waals surface area (Å²) in [6.45, 7) is 6.38. The molecule has 0 saturated carbocycles. The van der Waals surface area contributed by atoms with Crippen molar-refractivity contribution >= 4 is 5.91 Å². The molecule has 0 saturated heterocycles. The number of hydrogen-bond acceptors (Lipinski definition) is 4. The van der Waals surface area contributed by atoms with Gasteiger partial charge in [-0.3, -0.25) is 4.79 Å². The van der Waals surface area contributed by atoms with E-state index < -0.39 is 6.10 Å². The van der Waals surface area contributed by atoms with Gasteiger partial charge in [0.05, 0.1) is 13.2 Å². The molecule has 0 aliphatic carbocycles. The van der Waals surface area contributed by atoms with Gasteiger partial charge in [0, 0.05) is 19.5 Å². The lowest BCUT2D eigenvalue weighted by Gasteiger charge is -2.31. The van der Waals surface area contributed by atoms with Gasteiger partial charge in [-0.2, -0.15) is 0 Å². The minimum atomic E-state index is -0.419. The third kappa shape index (κ3) is 3.46. The van der Waals surface area contributed by atoms with Crippen molar-refractivity contribution in [2.24, 2.45) is 0 Å². The van der Waals surface area contributed by atoms with Gasteiger partial charge in [0.1, 0.15) is 5.75 Å². The fraction of sp³-hybridized carbons (Fsp3) is 0.409. The van der Waals surface area contributed by atoms with E-state index in [0.717, 1.165) is 34.8 Å². The highest BCUT2D eigenvalue weighted by Crippen LogP contribution is 2.35. The molecule has 2 aromatic rings. The van der Waals surface area contributed by atoms with Gasteiger partial charge in [-0.1, -0.05) is 18.2 Å². The van der Waals surface area contributed by atoms with E-state index in [2.05, 4.69) is 6.07 Å². The number of benzene rings is 2. The van der Waals surface area contributed by atoms with Crippen molar-refractivity contribution in [2.45, 2.75) is 39.3 Å². The zero-order valence-electron chi connectivity index (χ0n) is 15.9. The van der Waals surface area contributed by atoms with Gasteiger partial charge in [-0.25, -0.2) is 0 Å². The van der Waals surface area contributed by atoms with E-state index in [1.165, 1.54) is 5.56 Å². The molecule has 5 nitrogen and oxygen atoms in total. The van der Waals surface area contributed by atoms with Crippen LogP contribution < -0.4 is 14.2 Å². The molecule has 0 fully saturated rings. The van der Waals surface area contributed by atoms with Crippen molar-refractivity contribution in [3.05, 3.63) is 53.1 Å². The van der Waals surface area contributed by atoms with Gasteiger partial charge in [0.2, 0.25) is 0 Å². The lowest BCUT2D eigenvalue weighted by Crippen LogP contribution is -2.43. The van der Waals surface area contributed by atoms with Crippen LogP contribution in [0.25, 0.3) is 0 Å². The monoisotopic (exact) mass is 367 g/mol. The summed E-state index contributed by atoms with van der Waals surface area (Å²) in [7, 11) is 0. The molecule has 142 valence electrons. The molecule has 2 aliphatic rings. The molecule has 0 aromatic heterocycles. The molecule has 4 rings (SSSR count). The molecule has 0 N–H and O–H groups in total. The SMILES string of the molecule is CCOc1cc2c(cc1OCC)CN(C(=O)C1Cc3ccccc3O1)CC2. The molecule has 0 spiro atoms. The van der Waals surface area contributed by atoms with Crippen LogP contribution in [0.4, 0.5) is 0 Å². The van der Waals surface area contributed by atoms with E-state index in [1.54, 1.807) is 0 Å². The number of rotatable bonds is 5. The first-order valence-electron chi connectivity index (χ1n) is 9.64. The Morgan fingerprint density at radius 2 is 1.78 bits per heavy atom. The van der Waals surface area contributed by atoms with Gasteiger partial charge in [-0.15, -0.1) is 0 Å². The van der Waals surface area contributed by atoms with Gasteiger partial charge in [0.15, 0.2) is 17.6 Å². The van der Waals surface area contributed by atoms with Crippen LogP contribution in [0.5, 0.6) is 17.2 Å². The molecule has 2 aromatic carbocycles. The van der Waals surface area contributed by atoms with E-state index in [4.69, 9.17) is 14.2 Å². The first-order chi connectivity index (χ1) is 13.2. The molecule has 2 aliphatic heterocycles. The van der Waals surface area contributed by atoms with Crippen LogP contribution in [0.1, 0.15) is 30.5 Å². The van der Waals surface area contributed by atoms with Crippen LogP contribution in [0.3, 0.4) is 0 Å². The molecule has 5 heteroatoms. The molecular formula is C22H25NO4. The van der Waals surface area contributed by atoms with Crippen LogP contribution in [-0.2, 0) is 24.2 Å². The summed E-state index contributed by atoms with van der Waals surface area (Å²) < 4.78 is 17.3. The zero-order valence-corrected chi connectivity index (χ0v) is 15.9. The summed E-state index contributed by atoms with van der Waals surface area (Å²) in [6, 6.07) is 12.0. The smallest absolute Gasteiger partial charge is 0.264 e. The maximum Gasteiger partial charge on any atom is 0.264 e. The minimum absolute atomic E-state index is 0.0590. The normalized spacial score (nSPS) is 17.7. The number of carbonyl (C=O) groups is 1. The topological polar surface area (TPSA) is 48.0 Å². The van der Waals surface area contributed by atoms with Gasteiger partial charge < -0.3 is 19.1 Å². The van der Waals surface area contributed by atoms with Crippen molar-refractivity contribution in [1.82, 2.24) is 4.90 Å². The van der Waals surface area contributed by atoms with Crippen molar-refractivity contribution in [1.29, 1.82) is 0 Å². The zero-order chi connectivity index (χ0) is 18.8. The summed E-state index contributed by atoms with van der Waals surface area (Å²) in [5.74, 6) is 2.42. The highest BCUT2D eigenvalue weighted by Gasteiger charge is 2.33. The molecular weight excluding hydrogens is 342 g/mol. The van der Waals surface area contributed by atoms with E-state index in [1.807, 2.05) is 49.1 Å². The van der Waals surface area contributed by atoms with Crippen molar-refractivity contribution in [3.63, 3.8) is 0 Å². The van der Waals surface area contributed by atoms with Crippen molar-refractivity contribution in [2.75, 3.05) is 19.8 Å². The Kier molecular flexibility index (Phi) is 4.92. The summed E-state index contributed by atoms with van der Waals surface area (Å²) in [5, 5.41) is 0. The average Bonchev–Trinajstić information content (AvgIpc) is 3.12.